The van der Waals surface area contributed by atoms with Gasteiger partial charge in [-0.1, -0.05) is 0 Å². The minimum absolute atomic E-state index is 1.01. The Morgan fingerprint density at radius 1 is 0.308 bits per heavy atom. The monoisotopic (exact) mass is 386 g/mol. The zero-order valence-electron chi connectivity index (χ0n) is 19.3. The van der Waals surface area contributed by atoms with Crippen LogP contribution in [0.3, 0.4) is 0 Å². The van der Waals surface area contributed by atoms with Crippen molar-refractivity contribution in [2.24, 2.45) is 0 Å². The van der Waals surface area contributed by atoms with Crippen LogP contribution in [0.5, 0.6) is 0 Å². The van der Waals surface area contributed by atoms with Crippen molar-refractivity contribution < 1.29 is 0 Å². The summed E-state index contributed by atoms with van der Waals surface area (Å²) in [6, 6.07) is 0. The molecule has 0 unspecified atom stereocenters. The van der Waals surface area contributed by atoms with Crippen molar-refractivity contribution >= 4 is 7.26 Å². The number of hydrogen-bond acceptors (Lipinski definition) is 0. The van der Waals surface area contributed by atoms with Crippen molar-refractivity contribution in [3.63, 3.8) is 0 Å². The van der Waals surface area contributed by atoms with Crippen molar-refractivity contribution in [2.45, 2.75) is 137 Å². The molecule has 0 radical (unpaired) electrons. The Labute approximate surface area is 169 Å². The van der Waals surface area contributed by atoms with E-state index in [1.807, 2.05) is 0 Å². The third-order valence-electron chi connectivity index (χ3n) is 6.49. The van der Waals surface area contributed by atoms with Crippen molar-refractivity contribution in [1.82, 2.24) is 0 Å². The van der Waals surface area contributed by atoms with Gasteiger partial charge in [-0.25, -0.2) is 0 Å². The third-order valence-corrected chi connectivity index (χ3v) is 12.1. The molecule has 0 saturated carbocycles. The molecule has 0 atom stereocenters. The maximum absolute atomic E-state index is 2.36. The first-order valence-corrected chi connectivity index (χ1v) is 15.6. The van der Waals surface area contributed by atoms with Crippen LogP contribution in [0.25, 0.3) is 0 Å². The summed E-state index contributed by atoms with van der Waals surface area (Å²) in [4.78, 5) is 0. The van der Waals surface area contributed by atoms with Crippen molar-refractivity contribution in [3.8, 4) is 0 Å². The molecule has 0 bridgehead atoms. The molecule has 0 aliphatic rings. The molecule has 160 valence electrons. The molecule has 1 heteroatoms. The van der Waals surface area contributed by atoms with Gasteiger partial charge in [-0.2, -0.15) is 0 Å². The van der Waals surface area contributed by atoms with Gasteiger partial charge in [0.2, 0.25) is 0 Å². The first-order valence-electron chi connectivity index (χ1n) is 12.7. The molecule has 0 saturated heterocycles. The van der Waals surface area contributed by atoms with E-state index in [1.165, 1.54) is 83.5 Å². The SMILES string of the molecule is CCCCCCC[PH](CCCCCC)(CCCCCC)CCCCCC. The predicted molar refractivity (Wildman–Crippen MR) is 129 cm³/mol. The van der Waals surface area contributed by atoms with Gasteiger partial charge in [0.25, 0.3) is 0 Å². The van der Waals surface area contributed by atoms with Crippen LogP contribution in [-0.2, 0) is 0 Å². The number of unbranched alkanes of at least 4 members (excludes halogenated alkanes) is 13. The van der Waals surface area contributed by atoms with Crippen molar-refractivity contribution in [3.05, 3.63) is 0 Å². The Balaban J connectivity index is 4.63. The summed E-state index contributed by atoms with van der Waals surface area (Å²) in [6.45, 7) is 9.41. The van der Waals surface area contributed by atoms with E-state index in [4.69, 9.17) is 0 Å². The topological polar surface area (TPSA) is 0 Å². The summed E-state index contributed by atoms with van der Waals surface area (Å²) in [5.74, 6) is 0. The van der Waals surface area contributed by atoms with Crippen molar-refractivity contribution in [1.29, 1.82) is 0 Å². The molecule has 0 heterocycles. The Morgan fingerprint density at radius 3 is 0.808 bits per heavy atom. The molecule has 26 heavy (non-hydrogen) atoms. The van der Waals surface area contributed by atoms with Crippen LogP contribution in [0, 0.1) is 0 Å². The minimum atomic E-state index is -1.01. The van der Waals surface area contributed by atoms with Gasteiger partial charge in [0.1, 0.15) is 0 Å². The molecule has 0 fully saturated rings. The van der Waals surface area contributed by atoms with Crippen LogP contribution in [-0.4, -0.2) is 24.6 Å². The van der Waals surface area contributed by atoms with E-state index >= 15 is 0 Å². The van der Waals surface area contributed by atoms with Gasteiger partial charge in [-0.15, -0.1) is 0 Å². The van der Waals surface area contributed by atoms with Crippen LogP contribution in [0.2, 0.25) is 0 Å². The number of hydrogen-bond donors (Lipinski definition) is 0. The van der Waals surface area contributed by atoms with E-state index in [0.29, 0.717) is 0 Å². The molecule has 0 aromatic carbocycles. The van der Waals surface area contributed by atoms with Crippen LogP contribution < -0.4 is 0 Å². The zero-order chi connectivity index (χ0) is 19.3. The molecule has 0 nitrogen and oxygen atoms in total. The third kappa shape index (κ3) is 15.5. The fraction of sp³-hybridized carbons (Fsp3) is 1.00. The van der Waals surface area contributed by atoms with Crippen LogP contribution in [0.4, 0.5) is 0 Å². The molecule has 0 aliphatic carbocycles. The Kier molecular flexibility index (Phi) is 20.5. The molecule has 0 aromatic heterocycles. The second-order valence-electron chi connectivity index (χ2n) is 9.10. The summed E-state index contributed by atoms with van der Waals surface area (Å²) in [7, 11) is -1.01. The van der Waals surface area contributed by atoms with E-state index in [0.717, 1.165) is 0 Å². The van der Waals surface area contributed by atoms with E-state index < -0.39 is 7.26 Å². The normalized spacial score (nSPS) is 12.6. The van der Waals surface area contributed by atoms with Gasteiger partial charge in [-0.05, 0) is 0 Å². The van der Waals surface area contributed by atoms with Gasteiger partial charge in [0.15, 0.2) is 0 Å². The van der Waals surface area contributed by atoms with Gasteiger partial charge in [-0.3, -0.25) is 0 Å². The molecule has 0 N–H and O–H groups in total. The summed E-state index contributed by atoms with van der Waals surface area (Å²) in [6.07, 6.45) is 31.8. The summed E-state index contributed by atoms with van der Waals surface area (Å²) < 4.78 is 0. The quantitative estimate of drug-likeness (QED) is 0.136. The summed E-state index contributed by atoms with van der Waals surface area (Å²) in [5.41, 5.74) is 0. The second kappa shape index (κ2) is 20.2. The molecule has 0 aliphatic heterocycles. The average molecular weight is 387 g/mol. The Hall–Kier alpha value is 0.430. The number of rotatable bonds is 21. The van der Waals surface area contributed by atoms with Gasteiger partial charge < -0.3 is 0 Å². The second-order valence-corrected chi connectivity index (χ2v) is 14.1. The fourth-order valence-corrected chi connectivity index (χ4v) is 10.1. The average Bonchev–Trinajstić information content (AvgIpc) is 2.65. The molecule has 0 aromatic rings. The summed E-state index contributed by atoms with van der Waals surface area (Å²) >= 11 is 0. The maximum atomic E-state index is 2.36. The zero-order valence-corrected chi connectivity index (χ0v) is 20.3. The molecular formula is C25H55P. The Morgan fingerprint density at radius 2 is 0.538 bits per heavy atom. The molecular weight excluding hydrogens is 331 g/mol. The Bertz CT molecular complexity index is 230. The van der Waals surface area contributed by atoms with E-state index in [-0.39, 0.29) is 0 Å². The van der Waals surface area contributed by atoms with Gasteiger partial charge in [0, 0.05) is 0 Å². The first kappa shape index (κ1) is 26.4. The van der Waals surface area contributed by atoms with Gasteiger partial charge in [0.05, 0.1) is 0 Å². The molecule has 0 rings (SSSR count). The van der Waals surface area contributed by atoms with E-state index in [2.05, 4.69) is 27.7 Å². The molecule has 0 spiro atoms. The van der Waals surface area contributed by atoms with Crippen LogP contribution in [0.15, 0.2) is 0 Å². The first-order chi connectivity index (χ1) is 12.7. The molecule has 0 amide bonds. The summed E-state index contributed by atoms with van der Waals surface area (Å²) in [5, 5.41) is 0. The van der Waals surface area contributed by atoms with Gasteiger partial charge >= 0.3 is 169 Å². The predicted octanol–water partition coefficient (Wildman–Crippen LogP) is 9.45. The van der Waals surface area contributed by atoms with Crippen molar-refractivity contribution in [2.75, 3.05) is 24.6 Å². The van der Waals surface area contributed by atoms with Crippen LogP contribution >= 0.6 is 7.26 Å². The standard InChI is InChI=1S/C25H55P/c1-5-9-13-17-21-25-26(22-18-14-10-6-2,23-19-15-11-7-3)24-20-16-12-8-4/h26H,5-25H2,1-4H3. The van der Waals surface area contributed by atoms with Crippen LogP contribution in [0.1, 0.15) is 137 Å². The fourth-order valence-electron chi connectivity index (χ4n) is 4.63. The van der Waals surface area contributed by atoms with E-state index in [9.17, 15) is 0 Å². The van der Waals surface area contributed by atoms with E-state index in [1.54, 1.807) is 50.3 Å².